The monoisotopic (exact) mass is 194 g/mol. The van der Waals surface area contributed by atoms with E-state index in [1.165, 1.54) is 0 Å². The largest absolute Gasteiger partial charge is 0.464 e. The number of aliphatic hydroxyl groups is 1. The standard InChI is InChI=1S/C12H18O2/c1-3-4-5-6-7-11(13)12-9-8-10(2)14-12/h4-5,8-9,11,13H,3,6-7H2,1-2H3. The van der Waals surface area contributed by atoms with E-state index in [4.69, 9.17) is 4.42 Å². The summed E-state index contributed by atoms with van der Waals surface area (Å²) in [6.07, 6.45) is 6.41. The SMILES string of the molecule is CCC=CCCC(O)c1ccc(C)o1. The highest BCUT2D eigenvalue weighted by atomic mass is 16.4. The molecule has 0 aromatic carbocycles. The van der Waals surface area contributed by atoms with Gasteiger partial charge in [-0.2, -0.15) is 0 Å². The molecule has 0 aliphatic rings. The first-order valence-corrected chi connectivity index (χ1v) is 5.13. The number of rotatable bonds is 5. The van der Waals surface area contributed by atoms with Crippen LogP contribution in [-0.4, -0.2) is 5.11 Å². The molecule has 0 spiro atoms. The van der Waals surface area contributed by atoms with Crippen LogP contribution in [0.2, 0.25) is 0 Å². The summed E-state index contributed by atoms with van der Waals surface area (Å²) in [6, 6.07) is 3.71. The third-order valence-electron chi connectivity index (χ3n) is 2.10. The van der Waals surface area contributed by atoms with Gasteiger partial charge < -0.3 is 9.52 Å². The van der Waals surface area contributed by atoms with Gasteiger partial charge in [0.1, 0.15) is 17.6 Å². The number of furan rings is 1. The Balaban J connectivity index is 2.35. The topological polar surface area (TPSA) is 33.4 Å². The maximum absolute atomic E-state index is 9.71. The van der Waals surface area contributed by atoms with Gasteiger partial charge in [0.05, 0.1) is 0 Å². The fraction of sp³-hybridized carbons (Fsp3) is 0.500. The lowest BCUT2D eigenvalue weighted by Gasteiger charge is -2.04. The Kier molecular flexibility index (Phi) is 4.47. The molecule has 1 heterocycles. The Labute approximate surface area is 85.2 Å². The van der Waals surface area contributed by atoms with Gasteiger partial charge in [-0.15, -0.1) is 0 Å². The van der Waals surface area contributed by atoms with Crippen LogP contribution in [0.4, 0.5) is 0 Å². The van der Waals surface area contributed by atoms with Crippen LogP contribution in [0.15, 0.2) is 28.7 Å². The molecule has 0 radical (unpaired) electrons. The van der Waals surface area contributed by atoms with Crippen molar-refractivity contribution in [1.29, 1.82) is 0 Å². The highest BCUT2D eigenvalue weighted by Gasteiger charge is 2.09. The number of hydrogen-bond acceptors (Lipinski definition) is 2. The molecule has 0 saturated carbocycles. The van der Waals surface area contributed by atoms with Crippen LogP contribution >= 0.6 is 0 Å². The average Bonchev–Trinajstić information content (AvgIpc) is 2.59. The van der Waals surface area contributed by atoms with E-state index in [0.29, 0.717) is 5.76 Å². The van der Waals surface area contributed by atoms with Crippen molar-refractivity contribution < 1.29 is 9.52 Å². The fourth-order valence-electron chi connectivity index (χ4n) is 1.31. The molecule has 1 N–H and O–H groups in total. The molecule has 0 bridgehead atoms. The van der Waals surface area contributed by atoms with Crippen LogP contribution in [0.1, 0.15) is 43.8 Å². The van der Waals surface area contributed by atoms with E-state index >= 15 is 0 Å². The lowest BCUT2D eigenvalue weighted by Crippen LogP contribution is -1.94. The van der Waals surface area contributed by atoms with Gasteiger partial charge in [0.25, 0.3) is 0 Å². The molecule has 1 aromatic heterocycles. The molecule has 2 heteroatoms. The van der Waals surface area contributed by atoms with Gasteiger partial charge in [0, 0.05) is 0 Å². The average molecular weight is 194 g/mol. The molecule has 0 saturated heterocycles. The second-order valence-corrected chi connectivity index (χ2v) is 3.42. The summed E-state index contributed by atoms with van der Waals surface area (Å²) in [7, 11) is 0. The minimum absolute atomic E-state index is 0.467. The van der Waals surface area contributed by atoms with Crippen molar-refractivity contribution in [2.24, 2.45) is 0 Å². The van der Waals surface area contributed by atoms with E-state index in [-0.39, 0.29) is 0 Å². The van der Waals surface area contributed by atoms with Gasteiger partial charge in [0.2, 0.25) is 0 Å². The van der Waals surface area contributed by atoms with Crippen molar-refractivity contribution in [2.75, 3.05) is 0 Å². The summed E-state index contributed by atoms with van der Waals surface area (Å²) < 4.78 is 5.33. The maximum Gasteiger partial charge on any atom is 0.132 e. The van der Waals surface area contributed by atoms with Gasteiger partial charge in [-0.1, -0.05) is 19.1 Å². The number of aliphatic hydroxyl groups excluding tert-OH is 1. The first-order valence-electron chi connectivity index (χ1n) is 5.13. The van der Waals surface area contributed by atoms with E-state index < -0.39 is 6.10 Å². The van der Waals surface area contributed by atoms with E-state index in [1.807, 2.05) is 19.1 Å². The molecule has 0 amide bonds. The molecule has 1 unspecified atom stereocenters. The second-order valence-electron chi connectivity index (χ2n) is 3.42. The Morgan fingerprint density at radius 1 is 1.43 bits per heavy atom. The fourth-order valence-corrected chi connectivity index (χ4v) is 1.31. The highest BCUT2D eigenvalue weighted by Crippen LogP contribution is 2.20. The van der Waals surface area contributed by atoms with Crippen molar-refractivity contribution in [3.63, 3.8) is 0 Å². The lowest BCUT2D eigenvalue weighted by molar-refractivity contribution is 0.140. The van der Waals surface area contributed by atoms with Gasteiger partial charge in [-0.3, -0.25) is 0 Å². The smallest absolute Gasteiger partial charge is 0.132 e. The number of hydrogen-bond donors (Lipinski definition) is 1. The van der Waals surface area contributed by atoms with Crippen LogP contribution in [0.5, 0.6) is 0 Å². The van der Waals surface area contributed by atoms with E-state index in [9.17, 15) is 5.11 Å². The molecule has 1 aromatic rings. The summed E-state index contributed by atoms with van der Waals surface area (Å²) in [5, 5.41) is 9.71. The summed E-state index contributed by atoms with van der Waals surface area (Å²) in [6.45, 7) is 3.98. The maximum atomic E-state index is 9.71. The minimum Gasteiger partial charge on any atom is -0.464 e. The molecular weight excluding hydrogens is 176 g/mol. The van der Waals surface area contributed by atoms with Gasteiger partial charge in [-0.25, -0.2) is 0 Å². The summed E-state index contributed by atoms with van der Waals surface area (Å²) in [4.78, 5) is 0. The Morgan fingerprint density at radius 3 is 2.79 bits per heavy atom. The molecule has 2 nitrogen and oxygen atoms in total. The highest BCUT2D eigenvalue weighted by molar-refractivity contribution is 5.08. The quantitative estimate of drug-likeness (QED) is 0.729. The summed E-state index contributed by atoms with van der Waals surface area (Å²) >= 11 is 0. The Hall–Kier alpha value is -1.02. The Bertz CT molecular complexity index is 286. The first kappa shape index (κ1) is 11.1. The molecular formula is C12H18O2. The molecule has 0 fully saturated rings. The van der Waals surface area contributed by atoms with Crippen molar-refractivity contribution in [1.82, 2.24) is 0 Å². The van der Waals surface area contributed by atoms with Crippen LogP contribution in [0.25, 0.3) is 0 Å². The zero-order valence-corrected chi connectivity index (χ0v) is 8.86. The lowest BCUT2D eigenvalue weighted by atomic mass is 10.1. The second kappa shape index (κ2) is 5.66. The summed E-state index contributed by atoms with van der Waals surface area (Å²) in [5.74, 6) is 1.52. The molecule has 78 valence electrons. The van der Waals surface area contributed by atoms with E-state index in [2.05, 4.69) is 19.1 Å². The molecule has 0 aliphatic heterocycles. The normalized spacial score (nSPS) is 13.6. The molecule has 14 heavy (non-hydrogen) atoms. The number of aryl methyl sites for hydroxylation is 1. The number of allylic oxidation sites excluding steroid dienone is 2. The van der Waals surface area contributed by atoms with E-state index in [0.717, 1.165) is 25.0 Å². The zero-order valence-electron chi connectivity index (χ0n) is 8.86. The third kappa shape index (κ3) is 3.38. The summed E-state index contributed by atoms with van der Waals surface area (Å²) in [5.41, 5.74) is 0. The third-order valence-corrected chi connectivity index (χ3v) is 2.10. The molecule has 0 aliphatic carbocycles. The van der Waals surface area contributed by atoms with Crippen LogP contribution in [0, 0.1) is 6.92 Å². The van der Waals surface area contributed by atoms with Crippen molar-refractivity contribution in [2.45, 2.75) is 39.2 Å². The van der Waals surface area contributed by atoms with Crippen molar-refractivity contribution >= 4 is 0 Å². The predicted molar refractivity (Wildman–Crippen MR) is 57.1 cm³/mol. The van der Waals surface area contributed by atoms with Gasteiger partial charge in [-0.05, 0) is 38.3 Å². The van der Waals surface area contributed by atoms with Crippen LogP contribution in [0.3, 0.4) is 0 Å². The van der Waals surface area contributed by atoms with Gasteiger partial charge in [0.15, 0.2) is 0 Å². The van der Waals surface area contributed by atoms with Crippen LogP contribution < -0.4 is 0 Å². The first-order chi connectivity index (χ1) is 6.74. The molecule has 1 atom stereocenters. The van der Waals surface area contributed by atoms with Gasteiger partial charge >= 0.3 is 0 Å². The Morgan fingerprint density at radius 2 is 2.21 bits per heavy atom. The van der Waals surface area contributed by atoms with Crippen molar-refractivity contribution in [3.8, 4) is 0 Å². The predicted octanol–water partition coefficient (Wildman–Crippen LogP) is 3.37. The minimum atomic E-state index is -0.467. The zero-order chi connectivity index (χ0) is 10.4. The van der Waals surface area contributed by atoms with Crippen molar-refractivity contribution in [3.05, 3.63) is 35.8 Å². The molecule has 1 rings (SSSR count). The van der Waals surface area contributed by atoms with E-state index in [1.54, 1.807) is 0 Å². The van der Waals surface area contributed by atoms with Crippen LogP contribution in [-0.2, 0) is 0 Å².